The molecule has 2 fully saturated rings. The summed E-state index contributed by atoms with van der Waals surface area (Å²) in [6.45, 7) is 1.75. The number of rotatable bonds is 2. The molecule has 1 saturated heterocycles. The first kappa shape index (κ1) is 14.2. The molecule has 2 atom stereocenters. The zero-order valence-corrected chi connectivity index (χ0v) is 12.4. The van der Waals surface area contributed by atoms with Gasteiger partial charge in [0.1, 0.15) is 0 Å². The van der Waals surface area contributed by atoms with Gasteiger partial charge in [-0.15, -0.1) is 0 Å². The maximum absolute atomic E-state index is 10.7. The van der Waals surface area contributed by atoms with Crippen LogP contribution in [0, 0.1) is 5.92 Å². The van der Waals surface area contributed by atoms with Crippen molar-refractivity contribution in [1.82, 2.24) is 0 Å². The zero-order valence-electron chi connectivity index (χ0n) is 11.7. The normalized spacial score (nSPS) is 30.1. The number of aliphatic hydroxyl groups is 2. The molecule has 2 unspecified atom stereocenters. The molecule has 1 aromatic rings. The molecule has 0 radical (unpaired) electrons. The van der Waals surface area contributed by atoms with Gasteiger partial charge in [0.25, 0.3) is 0 Å². The second kappa shape index (κ2) is 5.55. The molecule has 110 valence electrons. The Bertz CT molecular complexity index is 493. The monoisotopic (exact) mass is 295 g/mol. The minimum atomic E-state index is -0.452. The average Bonchev–Trinajstić information content (AvgIpc) is 2.46. The summed E-state index contributed by atoms with van der Waals surface area (Å²) in [6.07, 6.45) is 5.26. The molecule has 3 rings (SSSR count). The standard InChI is InChI=1S/C16H22ClNO2/c17-14-9-12(11-19)4-5-15(14)18-8-7-16(20)6-2-1-3-13(16)10-18/h4-5,9,13,19-20H,1-3,6-8,10-11H2. The lowest BCUT2D eigenvalue weighted by Gasteiger charge is -2.48. The van der Waals surface area contributed by atoms with Gasteiger partial charge in [-0.2, -0.15) is 0 Å². The van der Waals surface area contributed by atoms with Crippen LogP contribution in [0.25, 0.3) is 0 Å². The molecule has 4 heteroatoms. The van der Waals surface area contributed by atoms with E-state index in [0.29, 0.717) is 10.9 Å². The van der Waals surface area contributed by atoms with E-state index in [0.717, 1.165) is 50.0 Å². The van der Waals surface area contributed by atoms with Gasteiger partial charge in [-0.3, -0.25) is 0 Å². The predicted molar refractivity (Wildman–Crippen MR) is 81.1 cm³/mol. The Morgan fingerprint density at radius 2 is 2.15 bits per heavy atom. The molecule has 3 nitrogen and oxygen atoms in total. The second-order valence-electron chi connectivity index (χ2n) is 6.19. The summed E-state index contributed by atoms with van der Waals surface area (Å²) in [6, 6.07) is 5.74. The van der Waals surface area contributed by atoms with Crippen LogP contribution < -0.4 is 4.90 Å². The van der Waals surface area contributed by atoms with Gasteiger partial charge in [-0.25, -0.2) is 0 Å². The van der Waals surface area contributed by atoms with E-state index in [4.69, 9.17) is 16.7 Å². The molecule has 1 aliphatic carbocycles. The van der Waals surface area contributed by atoms with Crippen LogP contribution in [0.15, 0.2) is 18.2 Å². The van der Waals surface area contributed by atoms with E-state index in [1.807, 2.05) is 18.2 Å². The number of piperidine rings is 1. The van der Waals surface area contributed by atoms with Crippen LogP contribution >= 0.6 is 11.6 Å². The summed E-state index contributed by atoms with van der Waals surface area (Å²) in [5, 5.41) is 20.6. The summed E-state index contributed by atoms with van der Waals surface area (Å²) in [5.41, 5.74) is 1.41. The molecule has 0 aromatic heterocycles. The molecule has 2 aliphatic rings. The first-order chi connectivity index (χ1) is 9.62. The van der Waals surface area contributed by atoms with Crippen molar-refractivity contribution in [2.75, 3.05) is 18.0 Å². The largest absolute Gasteiger partial charge is 0.392 e. The van der Waals surface area contributed by atoms with Gasteiger partial charge >= 0.3 is 0 Å². The van der Waals surface area contributed by atoms with Gasteiger partial charge in [-0.1, -0.05) is 30.5 Å². The van der Waals surface area contributed by atoms with Crippen LogP contribution in [0.1, 0.15) is 37.7 Å². The molecule has 1 heterocycles. The van der Waals surface area contributed by atoms with Crippen molar-refractivity contribution in [2.24, 2.45) is 5.92 Å². The lowest BCUT2D eigenvalue weighted by molar-refractivity contribution is -0.0612. The van der Waals surface area contributed by atoms with Gasteiger partial charge in [-0.05, 0) is 37.0 Å². The highest BCUT2D eigenvalue weighted by Crippen LogP contribution is 2.42. The van der Waals surface area contributed by atoms with E-state index < -0.39 is 5.60 Å². The first-order valence-electron chi connectivity index (χ1n) is 7.49. The highest BCUT2D eigenvalue weighted by atomic mass is 35.5. The molecule has 0 bridgehead atoms. The molecule has 1 aromatic carbocycles. The molecule has 2 N–H and O–H groups in total. The fourth-order valence-electron chi connectivity index (χ4n) is 3.69. The summed E-state index contributed by atoms with van der Waals surface area (Å²) >= 11 is 6.34. The summed E-state index contributed by atoms with van der Waals surface area (Å²) in [7, 11) is 0. The molecular formula is C16H22ClNO2. The third-order valence-corrected chi connectivity index (χ3v) is 5.27. The molecule has 0 spiro atoms. The number of anilines is 1. The van der Waals surface area contributed by atoms with Crippen molar-refractivity contribution >= 4 is 17.3 Å². The maximum atomic E-state index is 10.7. The van der Waals surface area contributed by atoms with Gasteiger partial charge in [0.05, 0.1) is 22.9 Å². The maximum Gasteiger partial charge on any atom is 0.0709 e. The summed E-state index contributed by atoms with van der Waals surface area (Å²) < 4.78 is 0. The predicted octanol–water partition coefficient (Wildman–Crippen LogP) is 2.96. The van der Waals surface area contributed by atoms with Crippen molar-refractivity contribution < 1.29 is 10.2 Å². The Balaban J connectivity index is 1.79. The van der Waals surface area contributed by atoms with Crippen LogP contribution in [0.4, 0.5) is 5.69 Å². The van der Waals surface area contributed by atoms with E-state index in [-0.39, 0.29) is 6.61 Å². The third-order valence-electron chi connectivity index (χ3n) is 4.96. The SMILES string of the molecule is OCc1ccc(N2CCC3(O)CCCCC3C2)c(Cl)c1. The van der Waals surface area contributed by atoms with Gasteiger partial charge in [0.15, 0.2) is 0 Å². The van der Waals surface area contributed by atoms with Gasteiger partial charge < -0.3 is 15.1 Å². The number of halogens is 1. The Labute approximate surface area is 125 Å². The zero-order chi connectivity index (χ0) is 14.2. The van der Waals surface area contributed by atoms with Crippen molar-refractivity contribution in [2.45, 2.75) is 44.3 Å². The van der Waals surface area contributed by atoms with Crippen molar-refractivity contribution in [1.29, 1.82) is 0 Å². The molecular weight excluding hydrogens is 274 g/mol. The van der Waals surface area contributed by atoms with Crippen molar-refractivity contribution in [3.63, 3.8) is 0 Å². The van der Waals surface area contributed by atoms with Crippen LogP contribution in [-0.2, 0) is 6.61 Å². The van der Waals surface area contributed by atoms with Crippen LogP contribution in [0.3, 0.4) is 0 Å². The molecule has 1 aliphatic heterocycles. The van der Waals surface area contributed by atoms with Crippen molar-refractivity contribution in [3.8, 4) is 0 Å². The number of fused-ring (bicyclic) bond motifs is 1. The Morgan fingerprint density at radius 1 is 1.30 bits per heavy atom. The van der Waals surface area contributed by atoms with E-state index in [2.05, 4.69) is 4.90 Å². The highest BCUT2D eigenvalue weighted by Gasteiger charge is 2.42. The van der Waals surface area contributed by atoms with E-state index in [1.165, 1.54) is 6.42 Å². The lowest BCUT2D eigenvalue weighted by Crippen LogP contribution is -2.53. The van der Waals surface area contributed by atoms with E-state index in [9.17, 15) is 5.11 Å². The Kier molecular flexibility index (Phi) is 3.93. The highest BCUT2D eigenvalue weighted by molar-refractivity contribution is 6.33. The Hall–Kier alpha value is -0.770. The smallest absolute Gasteiger partial charge is 0.0709 e. The fraction of sp³-hybridized carbons (Fsp3) is 0.625. The lowest BCUT2D eigenvalue weighted by atomic mass is 9.71. The topological polar surface area (TPSA) is 43.7 Å². The number of hydrogen-bond donors (Lipinski definition) is 2. The number of aliphatic hydroxyl groups excluding tert-OH is 1. The average molecular weight is 296 g/mol. The Morgan fingerprint density at radius 3 is 2.90 bits per heavy atom. The first-order valence-corrected chi connectivity index (χ1v) is 7.87. The summed E-state index contributed by atoms with van der Waals surface area (Å²) in [4.78, 5) is 2.29. The minimum Gasteiger partial charge on any atom is -0.392 e. The fourth-order valence-corrected chi connectivity index (χ4v) is 4.02. The second-order valence-corrected chi connectivity index (χ2v) is 6.59. The van der Waals surface area contributed by atoms with Crippen LogP contribution in [0.5, 0.6) is 0 Å². The minimum absolute atomic E-state index is 0.0162. The van der Waals surface area contributed by atoms with Gasteiger partial charge in [0.2, 0.25) is 0 Å². The number of hydrogen-bond acceptors (Lipinski definition) is 3. The van der Waals surface area contributed by atoms with E-state index in [1.54, 1.807) is 0 Å². The third kappa shape index (κ3) is 2.54. The molecule has 20 heavy (non-hydrogen) atoms. The summed E-state index contributed by atoms with van der Waals surface area (Å²) in [5.74, 6) is 0.360. The van der Waals surface area contributed by atoms with E-state index >= 15 is 0 Å². The quantitative estimate of drug-likeness (QED) is 0.881. The van der Waals surface area contributed by atoms with Crippen LogP contribution in [0.2, 0.25) is 5.02 Å². The van der Waals surface area contributed by atoms with Crippen LogP contribution in [-0.4, -0.2) is 28.9 Å². The van der Waals surface area contributed by atoms with Crippen molar-refractivity contribution in [3.05, 3.63) is 28.8 Å². The number of benzene rings is 1. The van der Waals surface area contributed by atoms with Gasteiger partial charge in [0, 0.05) is 19.0 Å². The molecule has 1 saturated carbocycles. The molecule has 0 amide bonds. The number of nitrogens with zero attached hydrogens (tertiary/aromatic N) is 1.